The van der Waals surface area contributed by atoms with Gasteiger partial charge in [0, 0.05) is 23.7 Å². The first-order valence-electron chi connectivity index (χ1n) is 6.27. The van der Waals surface area contributed by atoms with E-state index >= 15 is 0 Å². The van der Waals surface area contributed by atoms with E-state index in [1.54, 1.807) is 4.42 Å². The lowest BCUT2D eigenvalue weighted by atomic mass is 9.90. The van der Waals surface area contributed by atoms with Gasteiger partial charge in [0.25, 0.3) is 0 Å². The molecule has 102 valence electrons. The second kappa shape index (κ2) is 5.17. The molecule has 17 heavy (non-hydrogen) atoms. The lowest BCUT2D eigenvalue weighted by Gasteiger charge is -2.35. The first kappa shape index (κ1) is 16.8. The summed E-state index contributed by atoms with van der Waals surface area (Å²) in [5, 5.41) is 0. The van der Waals surface area contributed by atoms with Gasteiger partial charge < -0.3 is 0 Å². The fourth-order valence-electron chi connectivity index (χ4n) is 1.40. The maximum Gasteiger partial charge on any atom is 0.115 e. The van der Waals surface area contributed by atoms with Gasteiger partial charge in [-0.3, -0.25) is 9.41 Å². The summed E-state index contributed by atoms with van der Waals surface area (Å²) in [4.78, 5) is 4.77. The van der Waals surface area contributed by atoms with Crippen molar-refractivity contribution in [3.63, 3.8) is 0 Å². The van der Waals surface area contributed by atoms with Gasteiger partial charge in [0.2, 0.25) is 0 Å². The van der Waals surface area contributed by atoms with E-state index in [9.17, 15) is 0 Å². The molecule has 0 radical (unpaired) electrons. The van der Waals surface area contributed by atoms with E-state index in [1.807, 2.05) is 0 Å². The van der Waals surface area contributed by atoms with Crippen molar-refractivity contribution in [2.75, 3.05) is 0 Å². The van der Waals surface area contributed by atoms with Gasteiger partial charge in [-0.05, 0) is 47.0 Å². The van der Waals surface area contributed by atoms with Crippen molar-refractivity contribution >= 4 is 17.6 Å². The monoisotopic (exact) mass is 260 g/mol. The van der Waals surface area contributed by atoms with E-state index in [2.05, 4.69) is 62.3 Å². The van der Waals surface area contributed by atoms with Crippen LogP contribution in [-0.4, -0.2) is 21.3 Å². The summed E-state index contributed by atoms with van der Waals surface area (Å²) < 4.78 is 1.78. The molecule has 0 atom stereocenters. The maximum absolute atomic E-state index is 6.44. The highest BCUT2D eigenvalue weighted by Crippen LogP contribution is 2.27. The van der Waals surface area contributed by atoms with Crippen LogP contribution in [0.2, 0.25) is 0 Å². The predicted molar refractivity (Wildman–Crippen MR) is 78.7 cm³/mol. The normalized spacial score (nSPS) is 15.1. The number of nitrogens with zero attached hydrogens (tertiary/aromatic N) is 2. The Morgan fingerprint density at radius 1 is 0.941 bits per heavy atom. The molecule has 0 saturated carbocycles. The Morgan fingerprint density at radius 3 is 1.59 bits per heavy atom. The van der Waals surface area contributed by atoms with Crippen LogP contribution >= 0.6 is 11.8 Å². The van der Waals surface area contributed by atoms with Crippen LogP contribution in [0.1, 0.15) is 68.7 Å². The van der Waals surface area contributed by atoms with E-state index < -0.39 is 0 Å². The molecule has 0 amide bonds. The molecule has 0 aromatic rings. The third-order valence-electron chi connectivity index (χ3n) is 1.97. The molecule has 0 spiro atoms. The molecule has 0 aliphatic rings. The van der Waals surface area contributed by atoms with Gasteiger partial charge in [-0.1, -0.05) is 20.8 Å². The van der Waals surface area contributed by atoms with Crippen molar-refractivity contribution in [2.24, 2.45) is 10.4 Å². The fourth-order valence-corrected chi connectivity index (χ4v) is 1.50. The Morgan fingerprint density at radius 2 is 1.35 bits per heavy atom. The zero-order chi connectivity index (χ0) is 14.1. The Kier molecular flexibility index (Phi) is 5.10. The maximum atomic E-state index is 6.44. The highest BCUT2D eigenvalue weighted by atomic mass is 35.5. The van der Waals surface area contributed by atoms with Gasteiger partial charge in [0.15, 0.2) is 0 Å². The van der Waals surface area contributed by atoms with Crippen LogP contribution in [0.5, 0.6) is 0 Å². The van der Waals surface area contributed by atoms with Crippen molar-refractivity contribution in [1.82, 2.24) is 4.42 Å². The minimum Gasteiger partial charge on any atom is -0.267 e. The second-order valence-corrected chi connectivity index (χ2v) is 8.23. The first-order valence-corrected chi connectivity index (χ1v) is 6.61. The molecule has 0 unspecified atom stereocenters. The van der Waals surface area contributed by atoms with E-state index in [0.717, 1.165) is 12.3 Å². The summed E-state index contributed by atoms with van der Waals surface area (Å²) in [5.74, 6) is 0.971. The minimum atomic E-state index is -0.114. The van der Waals surface area contributed by atoms with Crippen molar-refractivity contribution in [2.45, 2.75) is 79.8 Å². The summed E-state index contributed by atoms with van der Waals surface area (Å²) in [6.45, 7) is 19.2. The fraction of sp³-hybridized carbons (Fsp3) is 0.929. The van der Waals surface area contributed by atoms with Gasteiger partial charge in [0.05, 0.1) is 5.54 Å². The average Bonchev–Trinajstić information content (AvgIpc) is 1.94. The van der Waals surface area contributed by atoms with Gasteiger partial charge in [-0.2, -0.15) is 0 Å². The lowest BCUT2D eigenvalue weighted by Crippen LogP contribution is -2.41. The zero-order valence-corrected chi connectivity index (χ0v) is 13.7. The summed E-state index contributed by atoms with van der Waals surface area (Å²) in [6, 6.07) is 0. The largest absolute Gasteiger partial charge is 0.267 e. The van der Waals surface area contributed by atoms with Crippen LogP contribution in [0.25, 0.3) is 0 Å². The number of halogens is 1. The number of amidine groups is 1. The van der Waals surface area contributed by atoms with Crippen LogP contribution in [-0.2, 0) is 0 Å². The van der Waals surface area contributed by atoms with E-state index in [4.69, 9.17) is 16.8 Å². The topological polar surface area (TPSA) is 15.6 Å². The average molecular weight is 261 g/mol. The summed E-state index contributed by atoms with van der Waals surface area (Å²) >= 11 is 6.44. The molecule has 0 aliphatic heterocycles. The minimum absolute atomic E-state index is 0.0982. The van der Waals surface area contributed by atoms with Gasteiger partial charge >= 0.3 is 0 Å². The second-order valence-electron chi connectivity index (χ2n) is 7.89. The first-order chi connectivity index (χ1) is 7.22. The molecule has 0 bridgehead atoms. The summed E-state index contributed by atoms with van der Waals surface area (Å²) in [6.07, 6.45) is 0.880. The Balaban J connectivity index is 5.21. The van der Waals surface area contributed by atoms with E-state index in [1.165, 1.54) is 0 Å². The van der Waals surface area contributed by atoms with E-state index in [0.29, 0.717) is 0 Å². The van der Waals surface area contributed by atoms with Gasteiger partial charge in [-0.15, -0.1) is 0 Å². The third-order valence-corrected chi connectivity index (χ3v) is 2.67. The Hall–Kier alpha value is -0.240. The Bertz CT molecular complexity index is 274. The standard InChI is InChI=1S/C14H29ClN2/c1-12(2,3)10-11(16-13(4,5)6)17(15)14(7,8)9/h10H2,1-9H3. The predicted octanol–water partition coefficient (Wildman–Crippen LogP) is 4.87. The van der Waals surface area contributed by atoms with Crippen molar-refractivity contribution in [1.29, 1.82) is 0 Å². The molecule has 0 aliphatic carbocycles. The number of rotatable bonds is 1. The Labute approximate surface area is 113 Å². The molecule has 0 N–H and O–H groups in total. The van der Waals surface area contributed by atoms with Gasteiger partial charge in [0.1, 0.15) is 5.84 Å². The molecule has 3 heteroatoms. The summed E-state index contributed by atoms with van der Waals surface area (Å²) in [5.41, 5.74) is -0.0294. The van der Waals surface area contributed by atoms with Crippen molar-refractivity contribution in [3.8, 4) is 0 Å². The highest BCUT2D eigenvalue weighted by Gasteiger charge is 2.28. The SMILES string of the molecule is CC(C)(C)CC(=NC(C)(C)C)N(Cl)C(C)(C)C. The van der Waals surface area contributed by atoms with Crippen molar-refractivity contribution in [3.05, 3.63) is 0 Å². The summed E-state index contributed by atoms with van der Waals surface area (Å²) in [7, 11) is 0. The van der Waals surface area contributed by atoms with Crippen LogP contribution in [0.15, 0.2) is 4.99 Å². The van der Waals surface area contributed by atoms with Crippen LogP contribution < -0.4 is 0 Å². The smallest absolute Gasteiger partial charge is 0.115 e. The number of hydrogen-bond acceptors (Lipinski definition) is 1. The molecular weight excluding hydrogens is 232 g/mol. The van der Waals surface area contributed by atoms with Crippen LogP contribution in [0.4, 0.5) is 0 Å². The molecule has 0 aromatic carbocycles. The van der Waals surface area contributed by atoms with E-state index in [-0.39, 0.29) is 16.5 Å². The lowest BCUT2D eigenvalue weighted by molar-refractivity contribution is 0.335. The third kappa shape index (κ3) is 7.64. The van der Waals surface area contributed by atoms with Gasteiger partial charge in [-0.25, -0.2) is 0 Å². The van der Waals surface area contributed by atoms with Crippen LogP contribution in [0.3, 0.4) is 0 Å². The molecule has 0 fully saturated rings. The molecule has 2 nitrogen and oxygen atoms in total. The highest BCUT2D eigenvalue weighted by molar-refractivity contribution is 6.22. The number of hydrogen-bond donors (Lipinski definition) is 0. The molecule has 0 saturated heterocycles. The zero-order valence-electron chi connectivity index (χ0n) is 13.0. The number of aliphatic imine (C=N–C) groups is 1. The van der Waals surface area contributed by atoms with Crippen molar-refractivity contribution < 1.29 is 0 Å². The van der Waals surface area contributed by atoms with Crippen LogP contribution in [0, 0.1) is 5.41 Å². The molecule has 0 heterocycles. The molecule has 0 aromatic heterocycles. The molecule has 0 rings (SSSR count). The quantitative estimate of drug-likeness (QED) is 0.373. The molecular formula is C14H29ClN2.